The molecule has 0 aromatic heterocycles. The Balaban J connectivity index is 2.26. The number of hydrogen-bond acceptors (Lipinski definition) is 2. The van der Waals surface area contributed by atoms with Gasteiger partial charge in [-0.1, -0.05) is 26.7 Å². The zero-order chi connectivity index (χ0) is 11.1. The van der Waals surface area contributed by atoms with Crippen molar-refractivity contribution in [3.8, 4) is 0 Å². The van der Waals surface area contributed by atoms with Crippen LogP contribution in [0.15, 0.2) is 0 Å². The van der Waals surface area contributed by atoms with Crippen molar-refractivity contribution >= 4 is 17.7 Å². The van der Waals surface area contributed by atoms with Gasteiger partial charge >= 0.3 is 0 Å². The van der Waals surface area contributed by atoms with Crippen molar-refractivity contribution in [2.45, 2.75) is 63.7 Å². The molecule has 15 heavy (non-hydrogen) atoms. The second-order valence-electron chi connectivity index (χ2n) is 4.20. The smallest absolute Gasteiger partial charge is 0.220 e. The van der Waals surface area contributed by atoms with E-state index in [0.29, 0.717) is 17.7 Å². The monoisotopic (exact) mass is 229 g/mol. The fourth-order valence-electron chi connectivity index (χ4n) is 2.12. The molecule has 0 spiro atoms. The molecule has 0 saturated heterocycles. The first-order valence-electron chi connectivity index (χ1n) is 6.18. The lowest BCUT2D eigenvalue weighted by atomic mass is 10.2. The van der Waals surface area contributed by atoms with Crippen molar-refractivity contribution in [3.05, 3.63) is 0 Å². The lowest BCUT2D eigenvalue weighted by Crippen LogP contribution is -2.38. The largest absolute Gasteiger partial charge is 0.352 e. The molecule has 2 nitrogen and oxygen atoms in total. The van der Waals surface area contributed by atoms with Crippen molar-refractivity contribution in [2.24, 2.45) is 0 Å². The summed E-state index contributed by atoms with van der Waals surface area (Å²) in [7, 11) is 0. The standard InChI is InChI=1S/C12H23NOS/c1-3-5-9-12(14)13-10-7-6-8-11(10)15-4-2/h10-11H,3-9H2,1-2H3,(H,13,14)/t10-,11+/m1/s1. The van der Waals surface area contributed by atoms with Gasteiger partial charge in [0.2, 0.25) is 5.91 Å². The van der Waals surface area contributed by atoms with Gasteiger partial charge < -0.3 is 5.32 Å². The van der Waals surface area contributed by atoms with E-state index in [1.165, 1.54) is 19.3 Å². The quantitative estimate of drug-likeness (QED) is 0.758. The van der Waals surface area contributed by atoms with E-state index < -0.39 is 0 Å². The van der Waals surface area contributed by atoms with Crippen LogP contribution in [0.3, 0.4) is 0 Å². The third-order valence-corrected chi connectivity index (χ3v) is 4.26. The van der Waals surface area contributed by atoms with E-state index in [-0.39, 0.29) is 5.91 Å². The summed E-state index contributed by atoms with van der Waals surface area (Å²) in [6.07, 6.45) is 6.55. The number of unbranched alkanes of at least 4 members (excludes halogenated alkanes) is 1. The van der Waals surface area contributed by atoms with Crippen LogP contribution in [0.25, 0.3) is 0 Å². The first-order valence-corrected chi connectivity index (χ1v) is 7.23. The highest BCUT2D eigenvalue weighted by Gasteiger charge is 2.27. The molecule has 1 fully saturated rings. The Hall–Kier alpha value is -0.180. The third kappa shape index (κ3) is 4.45. The van der Waals surface area contributed by atoms with Crippen LogP contribution < -0.4 is 5.32 Å². The summed E-state index contributed by atoms with van der Waals surface area (Å²) >= 11 is 2.00. The Bertz CT molecular complexity index is 196. The summed E-state index contributed by atoms with van der Waals surface area (Å²) in [4.78, 5) is 11.6. The van der Waals surface area contributed by atoms with Gasteiger partial charge in [-0.25, -0.2) is 0 Å². The van der Waals surface area contributed by atoms with Crippen LogP contribution >= 0.6 is 11.8 Å². The molecule has 0 bridgehead atoms. The Morgan fingerprint density at radius 2 is 2.20 bits per heavy atom. The Morgan fingerprint density at radius 1 is 1.40 bits per heavy atom. The summed E-state index contributed by atoms with van der Waals surface area (Å²) in [6, 6.07) is 0.444. The average molecular weight is 229 g/mol. The number of hydrogen-bond donors (Lipinski definition) is 1. The Morgan fingerprint density at radius 3 is 2.87 bits per heavy atom. The number of amides is 1. The average Bonchev–Trinajstić information content (AvgIpc) is 2.63. The van der Waals surface area contributed by atoms with Gasteiger partial charge in [-0.05, 0) is 25.0 Å². The minimum atomic E-state index is 0.255. The fourth-order valence-corrected chi connectivity index (χ4v) is 3.32. The summed E-state index contributed by atoms with van der Waals surface area (Å²) in [6.45, 7) is 4.32. The SMILES string of the molecule is CCCCC(=O)N[C@@H]1CCC[C@@H]1SCC. The van der Waals surface area contributed by atoms with Crippen molar-refractivity contribution in [2.75, 3.05) is 5.75 Å². The molecule has 1 aliphatic rings. The van der Waals surface area contributed by atoms with Gasteiger partial charge in [-0.3, -0.25) is 4.79 Å². The number of carbonyl (C=O) groups is 1. The molecule has 1 rings (SSSR count). The third-order valence-electron chi connectivity index (χ3n) is 2.94. The maximum atomic E-state index is 11.6. The molecule has 1 aliphatic carbocycles. The van der Waals surface area contributed by atoms with Crippen molar-refractivity contribution in [3.63, 3.8) is 0 Å². The first kappa shape index (κ1) is 12.9. The van der Waals surface area contributed by atoms with E-state index in [2.05, 4.69) is 19.2 Å². The van der Waals surface area contributed by atoms with Crippen LogP contribution in [-0.2, 0) is 4.79 Å². The highest BCUT2D eigenvalue weighted by atomic mass is 32.2. The van der Waals surface area contributed by atoms with E-state index in [1.807, 2.05) is 11.8 Å². The molecule has 0 aromatic carbocycles. The first-order chi connectivity index (χ1) is 7.27. The summed E-state index contributed by atoms with van der Waals surface area (Å²) < 4.78 is 0. The number of carbonyl (C=O) groups excluding carboxylic acids is 1. The molecule has 1 N–H and O–H groups in total. The minimum absolute atomic E-state index is 0.255. The zero-order valence-corrected chi connectivity index (χ0v) is 10.7. The predicted molar refractivity (Wildman–Crippen MR) is 67.2 cm³/mol. The number of rotatable bonds is 6. The van der Waals surface area contributed by atoms with Crippen LogP contribution in [0.4, 0.5) is 0 Å². The van der Waals surface area contributed by atoms with Crippen LogP contribution in [-0.4, -0.2) is 23.0 Å². The lowest BCUT2D eigenvalue weighted by molar-refractivity contribution is -0.121. The van der Waals surface area contributed by atoms with Gasteiger partial charge in [0.25, 0.3) is 0 Å². The molecule has 1 amide bonds. The molecule has 0 heterocycles. The second kappa shape index (κ2) is 7.15. The van der Waals surface area contributed by atoms with Gasteiger partial charge in [-0.2, -0.15) is 11.8 Å². The van der Waals surface area contributed by atoms with Gasteiger partial charge in [-0.15, -0.1) is 0 Å². The topological polar surface area (TPSA) is 29.1 Å². The summed E-state index contributed by atoms with van der Waals surface area (Å²) in [5.41, 5.74) is 0. The van der Waals surface area contributed by atoms with Crippen LogP contribution in [0.1, 0.15) is 52.4 Å². The zero-order valence-electron chi connectivity index (χ0n) is 9.92. The summed E-state index contributed by atoms with van der Waals surface area (Å²) in [5, 5.41) is 3.86. The molecule has 2 atom stereocenters. The highest BCUT2D eigenvalue weighted by Crippen LogP contribution is 2.29. The molecular formula is C12H23NOS. The van der Waals surface area contributed by atoms with Gasteiger partial charge in [0.05, 0.1) is 0 Å². The van der Waals surface area contributed by atoms with Gasteiger partial charge in [0.1, 0.15) is 0 Å². The maximum absolute atomic E-state index is 11.6. The number of nitrogens with one attached hydrogen (secondary N) is 1. The molecule has 3 heteroatoms. The Kier molecular flexibility index (Phi) is 6.15. The number of thioether (sulfide) groups is 1. The van der Waals surface area contributed by atoms with E-state index in [0.717, 1.165) is 18.6 Å². The maximum Gasteiger partial charge on any atom is 0.220 e. The van der Waals surface area contributed by atoms with Gasteiger partial charge in [0.15, 0.2) is 0 Å². The van der Waals surface area contributed by atoms with Crippen molar-refractivity contribution in [1.82, 2.24) is 5.32 Å². The predicted octanol–water partition coefficient (Wildman–Crippen LogP) is 2.97. The lowest BCUT2D eigenvalue weighted by Gasteiger charge is -2.20. The van der Waals surface area contributed by atoms with Crippen LogP contribution in [0.2, 0.25) is 0 Å². The van der Waals surface area contributed by atoms with Crippen LogP contribution in [0, 0.1) is 0 Å². The molecule has 0 unspecified atom stereocenters. The second-order valence-corrected chi connectivity index (χ2v) is 5.72. The highest BCUT2D eigenvalue weighted by molar-refractivity contribution is 7.99. The molecule has 88 valence electrons. The van der Waals surface area contributed by atoms with Crippen molar-refractivity contribution < 1.29 is 4.79 Å². The van der Waals surface area contributed by atoms with Gasteiger partial charge in [0, 0.05) is 17.7 Å². The van der Waals surface area contributed by atoms with E-state index in [4.69, 9.17) is 0 Å². The molecule has 0 aromatic rings. The van der Waals surface area contributed by atoms with Crippen LogP contribution in [0.5, 0.6) is 0 Å². The fraction of sp³-hybridized carbons (Fsp3) is 0.917. The Labute approximate surface area is 97.6 Å². The minimum Gasteiger partial charge on any atom is -0.352 e. The molecule has 1 saturated carbocycles. The normalized spacial score (nSPS) is 25.5. The van der Waals surface area contributed by atoms with Crippen molar-refractivity contribution in [1.29, 1.82) is 0 Å². The van der Waals surface area contributed by atoms with E-state index in [1.54, 1.807) is 0 Å². The summed E-state index contributed by atoms with van der Waals surface area (Å²) in [5.74, 6) is 1.41. The van der Waals surface area contributed by atoms with E-state index >= 15 is 0 Å². The molecule has 0 radical (unpaired) electrons. The molecule has 0 aliphatic heterocycles. The molecular weight excluding hydrogens is 206 g/mol. The van der Waals surface area contributed by atoms with E-state index in [9.17, 15) is 4.79 Å².